The molecule has 0 aromatic heterocycles. The van der Waals surface area contributed by atoms with E-state index >= 15 is 0 Å². The zero-order chi connectivity index (χ0) is 13.3. The molecule has 0 aromatic rings. The third kappa shape index (κ3) is 6.39. The molecule has 1 atom stereocenters. The Balaban J connectivity index is 4.11. The van der Waals surface area contributed by atoms with Crippen LogP contribution < -0.4 is 16.8 Å². The van der Waals surface area contributed by atoms with Gasteiger partial charge in [-0.3, -0.25) is 9.59 Å². The van der Waals surface area contributed by atoms with Crippen LogP contribution in [0.4, 0.5) is 0 Å². The summed E-state index contributed by atoms with van der Waals surface area (Å²) in [5.74, 6) is -1.43. The zero-order valence-electron chi connectivity index (χ0n) is 9.98. The largest absolute Gasteiger partial charge is 0.409 e. The molecule has 7 nitrogen and oxygen atoms in total. The molecule has 17 heavy (non-hydrogen) atoms. The van der Waals surface area contributed by atoms with Gasteiger partial charge in [0.2, 0.25) is 11.8 Å². The van der Waals surface area contributed by atoms with E-state index in [4.69, 9.17) is 16.7 Å². The Morgan fingerprint density at radius 2 is 2.06 bits per heavy atom. The van der Waals surface area contributed by atoms with Gasteiger partial charge in [0.15, 0.2) is 5.84 Å². The van der Waals surface area contributed by atoms with E-state index in [9.17, 15) is 9.59 Å². The number of oxime groups is 1. The van der Waals surface area contributed by atoms with Crippen molar-refractivity contribution in [1.29, 1.82) is 0 Å². The molecule has 0 bridgehead atoms. The van der Waals surface area contributed by atoms with E-state index in [1.807, 2.05) is 6.92 Å². The quantitative estimate of drug-likeness (QED) is 0.151. The van der Waals surface area contributed by atoms with Crippen molar-refractivity contribution < 1.29 is 14.8 Å². The number of amides is 2. The van der Waals surface area contributed by atoms with Crippen molar-refractivity contribution in [1.82, 2.24) is 5.32 Å². The third-order valence-corrected chi connectivity index (χ3v) is 2.27. The lowest BCUT2D eigenvalue weighted by molar-refractivity contribution is -0.123. The Bertz CT molecular complexity index is 291. The van der Waals surface area contributed by atoms with Crippen LogP contribution in [0.15, 0.2) is 5.16 Å². The summed E-state index contributed by atoms with van der Waals surface area (Å²) in [6.07, 6.45) is 1.96. The summed E-state index contributed by atoms with van der Waals surface area (Å²) in [5, 5.41) is 14.0. The highest BCUT2D eigenvalue weighted by Gasteiger charge is 2.21. The fourth-order valence-electron chi connectivity index (χ4n) is 1.37. The number of nitrogens with two attached hydrogens (primary N) is 2. The zero-order valence-corrected chi connectivity index (χ0v) is 9.98. The summed E-state index contributed by atoms with van der Waals surface area (Å²) in [6.45, 7) is 2.25. The van der Waals surface area contributed by atoms with E-state index in [2.05, 4.69) is 10.5 Å². The first-order valence-corrected chi connectivity index (χ1v) is 5.56. The van der Waals surface area contributed by atoms with Gasteiger partial charge in [-0.1, -0.05) is 18.5 Å². The smallest absolute Gasteiger partial charge is 0.230 e. The summed E-state index contributed by atoms with van der Waals surface area (Å²) in [5.41, 5.74) is 10.4. The van der Waals surface area contributed by atoms with E-state index in [1.54, 1.807) is 0 Å². The number of primary amides is 1. The molecule has 7 heteroatoms. The minimum Gasteiger partial charge on any atom is -0.409 e. The Morgan fingerprint density at radius 3 is 2.53 bits per heavy atom. The number of hydrogen-bond acceptors (Lipinski definition) is 4. The molecule has 0 rings (SSSR count). The first-order valence-electron chi connectivity index (χ1n) is 5.56. The van der Waals surface area contributed by atoms with Crippen LogP contribution in [0.5, 0.6) is 0 Å². The number of amidine groups is 1. The summed E-state index contributed by atoms with van der Waals surface area (Å²) in [7, 11) is 0. The second kappa shape index (κ2) is 8.37. The van der Waals surface area contributed by atoms with Gasteiger partial charge in [0.25, 0.3) is 0 Å². The molecule has 2 amide bonds. The van der Waals surface area contributed by atoms with E-state index in [0.29, 0.717) is 19.4 Å². The Hall–Kier alpha value is -1.79. The summed E-state index contributed by atoms with van der Waals surface area (Å²) >= 11 is 0. The molecule has 0 saturated heterocycles. The van der Waals surface area contributed by atoms with Gasteiger partial charge in [0, 0.05) is 13.0 Å². The molecule has 6 N–H and O–H groups in total. The number of carbonyl (C=O) groups is 2. The van der Waals surface area contributed by atoms with E-state index in [1.165, 1.54) is 0 Å². The fraction of sp³-hybridized carbons (Fsp3) is 0.700. The maximum atomic E-state index is 11.7. The van der Waals surface area contributed by atoms with Crippen molar-refractivity contribution in [3.05, 3.63) is 0 Å². The second-order valence-electron chi connectivity index (χ2n) is 3.73. The average molecular weight is 244 g/mol. The van der Waals surface area contributed by atoms with Crippen LogP contribution in [0.2, 0.25) is 0 Å². The van der Waals surface area contributed by atoms with Crippen molar-refractivity contribution >= 4 is 17.6 Å². The van der Waals surface area contributed by atoms with Crippen LogP contribution in [0, 0.1) is 5.92 Å². The van der Waals surface area contributed by atoms with Gasteiger partial charge in [-0.15, -0.1) is 0 Å². The van der Waals surface area contributed by atoms with Crippen molar-refractivity contribution in [3.8, 4) is 0 Å². The lowest BCUT2D eigenvalue weighted by Gasteiger charge is -2.14. The second-order valence-corrected chi connectivity index (χ2v) is 3.73. The van der Waals surface area contributed by atoms with Gasteiger partial charge in [0.1, 0.15) is 0 Å². The molecule has 98 valence electrons. The molecule has 0 aromatic carbocycles. The molecule has 0 aliphatic rings. The highest BCUT2D eigenvalue weighted by molar-refractivity contribution is 6.02. The van der Waals surface area contributed by atoms with Crippen LogP contribution in [-0.2, 0) is 9.59 Å². The van der Waals surface area contributed by atoms with Crippen LogP contribution in [0.3, 0.4) is 0 Å². The fourth-order valence-corrected chi connectivity index (χ4v) is 1.37. The van der Waals surface area contributed by atoms with E-state index in [-0.39, 0.29) is 18.2 Å². The molecule has 0 saturated carbocycles. The third-order valence-electron chi connectivity index (χ3n) is 2.27. The number of rotatable bonds is 8. The van der Waals surface area contributed by atoms with Crippen LogP contribution in [0.25, 0.3) is 0 Å². The summed E-state index contributed by atoms with van der Waals surface area (Å²) in [6, 6.07) is 0. The topological polar surface area (TPSA) is 131 Å². The van der Waals surface area contributed by atoms with Crippen LogP contribution >= 0.6 is 0 Å². The van der Waals surface area contributed by atoms with E-state index in [0.717, 1.165) is 6.42 Å². The maximum absolute atomic E-state index is 11.7. The molecular weight excluding hydrogens is 224 g/mol. The number of nitrogens with zero attached hydrogens (tertiary/aromatic N) is 1. The van der Waals surface area contributed by atoms with Crippen molar-refractivity contribution in [2.24, 2.45) is 22.5 Å². The Morgan fingerprint density at radius 1 is 1.41 bits per heavy atom. The number of nitrogens with one attached hydrogen (secondary N) is 1. The normalized spacial score (nSPS) is 13.1. The molecule has 0 aliphatic carbocycles. The van der Waals surface area contributed by atoms with Gasteiger partial charge in [-0.05, 0) is 12.8 Å². The van der Waals surface area contributed by atoms with Gasteiger partial charge in [-0.2, -0.15) is 0 Å². The highest BCUT2D eigenvalue weighted by atomic mass is 16.4. The number of hydrogen-bond donors (Lipinski definition) is 4. The molecule has 0 spiro atoms. The molecule has 1 unspecified atom stereocenters. The molecular formula is C10H20N4O3. The monoisotopic (exact) mass is 244 g/mol. The molecule has 0 fully saturated rings. The number of carbonyl (C=O) groups excluding carboxylic acids is 2. The van der Waals surface area contributed by atoms with Crippen molar-refractivity contribution in [2.75, 3.05) is 6.54 Å². The summed E-state index contributed by atoms with van der Waals surface area (Å²) in [4.78, 5) is 22.2. The van der Waals surface area contributed by atoms with Crippen LogP contribution in [0.1, 0.15) is 32.6 Å². The lowest BCUT2D eigenvalue weighted by atomic mass is 10.0. The molecule has 0 aliphatic heterocycles. The Kier molecular flexibility index (Phi) is 7.49. The first kappa shape index (κ1) is 15.2. The molecule has 0 radical (unpaired) electrons. The van der Waals surface area contributed by atoms with Gasteiger partial charge in [-0.25, -0.2) is 0 Å². The maximum Gasteiger partial charge on any atom is 0.230 e. The van der Waals surface area contributed by atoms with E-state index < -0.39 is 11.8 Å². The minimum absolute atomic E-state index is 0.0979. The SMILES string of the molecule is CCCC(C(=O)NCCCC(N)=O)C(N)=NO. The van der Waals surface area contributed by atoms with Gasteiger partial charge >= 0.3 is 0 Å². The Labute approximate surface area is 100 Å². The minimum atomic E-state index is -0.626. The average Bonchev–Trinajstić information content (AvgIpc) is 2.30. The van der Waals surface area contributed by atoms with Crippen molar-refractivity contribution in [3.63, 3.8) is 0 Å². The first-order chi connectivity index (χ1) is 8.02. The predicted octanol–water partition coefficient (Wildman–Crippen LogP) is -0.469. The summed E-state index contributed by atoms with van der Waals surface area (Å²) < 4.78 is 0. The molecule has 0 heterocycles. The predicted molar refractivity (Wildman–Crippen MR) is 63.2 cm³/mol. The standard InChI is InChI=1S/C10H20N4O3/c1-2-4-7(9(12)14-17)10(16)13-6-3-5-8(11)15/h7,17H,2-6H2,1H3,(H2,11,15)(H2,12,14)(H,13,16). The van der Waals surface area contributed by atoms with Crippen LogP contribution in [-0.4, -0.2) is 29.4 Å². The lowest BCUT2D eigenvalue weighted by Crippen LogP contribution is -2.39. The highest BCUT2D eigenvalue weighted by Crippen LogP contribution is 2.06. The van der Waals surface area contributed by atoms with Gasteiger partial charge in [0.05, 0.1) is 5.92 Å². The van der Waals surface area contributed by atoms with Crippen molar-refractivity contribution in [2.45, 2.75) is 32.6 Å². The van der Waals surface area contributed by atoms with Gasteiger partial charge < -0.3 is 22.0 Å².